The molecule has 2 fully saturated rings. The summed E-state index contributed by atoms with van der Waals surface area (Å²) in [6.07, 6.45) is 2.61. The van der Waals surface area contributed by atoms with Crippen LogP contribution in [0.5, 0.6) is 0 Å². The summed E-state index contributed by atoms with van der Waals surface area (Å²) in [6, 6.07) is 3.43. The van der Waals surface area contributed by atoms with E-state index in [9.17, 15) is 9.59 Å². The minimum Gasteiger partial charge on any atom is -0.378 e. The van der Waals surface area contributed by atoms with E-state index in [4.69, 9.17) is 9.47 Å². The number of aryl methyl sites for hydroxylation is 1. The van der Waals surface area contributed by atoms with Crippen molar-refractivity contribution in [3.63, 3.8) is 0 Å². The molecule has 1 spiro atoms. The van der Waals surface area contributed by atoms with Gasteiger partial charge in [0.25, 0.3) is 11.5 Å². The molecule has 1 aromatic heterocycles. The zero-order valence-corrected chi connectivity index (χ0v) is 14.0. The normalized spacial score (nSPS) is 27.6. The summed E-state index contributed by atoms with van der Waals surface area (Å²) in [5.41, 5.74) is 0.395. The maximum atomic E-state index is 12.8. The Balaban J connectivity index is 1.86. The van der Waals surface area contributed by atoms with E-state index in [1.54, 1.807) is 31.2 Å². The standard InChI is InChI=1S/C17H24N2O4/c1-12-5-6-13(15(20)18(12)2)16(21)19-9-7-14(22-3)17(11-19)8-4-10-23-17/h5-6,14H,4,7-11H2,1-3H3/t14-,17-/m0/s1. The van der Waals surface area contributed by atoms with Gasteiger partial charge >= 0.3 is 0 Å². The lowest BCUT2D eigenvalue weighted by Crippen LogP contribution is -2.58. The molecule has 0 aromatic carbocycles. The van der Waals surface area contributed by atoms with E-state index in [0.717, 1.165) is 25.0 Å². The summed E-state index contributed by atoms with van der Waals surface area (Å²) in [4.78, 5) is 26.9. The van der Waals surface area contributed by atoms with E-state index < -0.39 is 5.60 Å². The molecular weight excluding hydrogens is 296 g/mol. The maximum absolute atomic E-state index is 12.8. The fourth-order valence-electron chi connectivity index (χ4n) is 3.70. The van der Waals surface area contributed by atoms with Crippen LogP contribution < -0.4 is 5.56 Å². The predicted molar refractivity (Wildman–Crippen MR) is 85.7 cm³/mol. The maximum Gasteiger partial charge on any atom is 0.263 e. The van der Waals surface area contributed by atoms with Crippen LogP contribution in [0.4, 0.5) is 0 Å². The molecule has 3 heterocycles. The molecule has 1 aromatic rings. The third-order valence-corrected chi connectivity index (χ3v) is 5.20. The van der Waals surface area contributed by atoms with Crippen LogP contribution in [0.15, 0.2) is 16.9 Å². The highest BCUT2D eigenvalue weighted by molar-refractivity contribution is 5.94. The number of piperidine rings is 1. The van der Waals surface area contributed by atoms with Gasteiger partial charge in [0.1, 0.15) is 11.2 Å². The molecule has 0 radical (unpaired) electrons. The minimum absolute atomic E-state index is 0.00917. The molecule has 6 heteroatoms. The van der Waals surface area contributed by atoms with Crippen LogP contribution in [-0.4, -0.2) is 53.9 Å². The highest BCUT2D eigenvalue weighted by Gasteiger charge is 2.48. The van der Waals surface area contributed by atoms with Gasteiger partial charge in [-0.15, -0.1) is 0 Å². The second-order valence-electron chi connectivity index (χ2n) is 6.51. The zero-order valence-electron chi connectivity index (χ0n) is 14.0. The summed E-state index contributed by atoms with van der Waals surface area (Å²) >= 11 is 0. The Morgan fingerprint density at radius 2 is 2.22 bits per heavy atom. The second-order valence-corrected chi connectivity index (χ2v) is 6.51. The largest absolute Gasteiger partial charge is 0.378 e. The third-order valence-electron chi connectivity index (χ3n) is 5.20. The number of nitrogens with zero attached hydrogens (tertiary/aromatic N) is 2. The van der Waals surface area contributed by atoms with Gasteiger partial charge in [-0.05, 0) is 38.3 Å². The van der Waals surface area contributed by atoms with Gasteiger partial charge in [0.2, 0.25) is 0 Å². The number of amides is 1. The Labute approximate surface area is 136 Å². The van der Waals surface area contributed by atoms with Crippen molar-refractivity contribution in [3.8, 4) is 0 Å². The number of likely N-dealkylation sites (tertiary alicyclic amines) is 1. The number of hydrogen-bond acceptors (Lipinski definition) is 4. The van der Waals surface area contributed by atoms with Gasteiger partial charge in [-0.25, -0.2) is 0 Å². The van der Waals surface area contributed by atoms with E-state index in [0.29, 0.717) is 19.7 Å². The van der Waals surface area contributed by atoms with Crippen LogP contribution in [0.3, 0.4) is 0 Å². The summed E-state index contributed by atoms with van der Waals surface area (Å²) in [5, 5.41) is 0. The number of hydrogen-bond donors (Lipinski definition) is 0. The van der Waals surface area contributed by atoms with Crippen molar-refractivity contribution in [2.24, 2.45) is 7.05 Å². The van der Waals surface area contributed by atoms with Gasteiger partial charge in [0, 0.05) is 33.0 Å². The van der Waals surface area contributed by atoms with Gasteiger partial charge in [0.15, 0.2) is 0 Å². The first-order valence-electron chi connectivity index (χ1n) is 8.11. The molecule has 0 bridgehead atoms. The van der Waals surface area contributed by atoms with Gasteiger partial charge in [-0.2, -0.15) is 0 Å². The van der Waals surface area contributed by atoms with Crippen molar-refractivity contribution in [3.05, 3.63) is 33.7 Å². The average molecular weight is 320 g/mol. The van der Waals surface area contributed by atoms with Gasteiger partial charge in [0.05, 0.1) is 12.6 Å². The lowest BCUT2D eigenvalue weighted by atomic mass is 9.86. The number of rotatable bonds is 2. The number of carbonyl (C=O) groups is 1. The lowest BCUT2D eigenvalue weighted by Gasteiger charge is -2.44. The molecule has 0 N–H and O–H groups in total. The Morgan fingerprint density at radius 3 is 2.87 bits per heavy atom. The molecule has 0 saturated carbocycles. The predicted octanol–water partition coefficient (Wildman–Crippen LogP) is 1.10. The molecule has 23 heavy (non-hydrogen) atoms. The molecule has 3 rings (SSSR count). The van der Waals surface area contributed by atoms with Gasteiger partial charge in [-0.3, -0.25) is 9.59 Å². The fraction of sp³-hybridized carbons (Fsp3) is 0.647. The van der Waals surface area contributed by atoms with Crippen molar-refractivity contribution in [2.75, 3.05) is 26.8 Å². The number of methoxy groups -OCH3 is 1. The van der Waals surface area contributed by atoms with Crippen molar-refractivity contribution < 1.29 is 14.3 Å². The highest BCUT2D eigenvalue weighted by atomic mass is 16.6. The van der Waals surface area contributed by atoms with Crippen molar-refractivity contribution in [2.45, 2.75) is 37.9 Å². The van der Waals surface area contributed by atoms with Crippen molar-refractivity contribution in [1.82, 2.24) is 9.47 Å². The Bertz CT molecular complexity index is 661. The zero-order chi connectivity index (χ0) is 16.6. The molecule has 2 aliphatic rings. The molecule has 1 amide bonds. The second kappa shape index (κ2) is 6.09. The van der Waals surface area contributed by atoms with E-state index in [1.165, 1.54) is 4.57 Å². The Kier molecular flexibility index (Phi) is 4.29. The summed E-state index contributed by atoms with van der Waals surface area (Å²) < 4.78 is 13.1. The van der Waals surface area contributed by atoms with Crippen LogP contribution in [0, 0.1) is 6.92 Å². The average Bonchev–Trinajstić information content (AvgIpc) is 3.01. The van der Waals surface area contributed by atoms with E-state index in [2.05, 4.69) is 0 Å². The van der Waals surface area contributed by atoms with Crippen LogP contribution in [0.1, 0.15) is 35.3 Å². The molecule has 126 valence electrons. The van der Waals surface area contributed by atoms with Crippen molar-refractivity contribution in [1.29, 1.82) is 0 Å². The van der Waals surface area contributed by atoms with Crippen LogP contribution in [0.25, 0.3) is 0 Å². The highest BCUT2D eigenvalue weighted by Crippen LogP contribution is 2.36. The van der Waals surface area contributed by atoms with Crippen molar-refractivity contribution >= 4 is 5.91 Å². The van der Waals surface area contributed by atoms with Crippen LogP contribution >= 0.6 is 0 Å². The first kappa shape index (κ1) is 16.2. The van der Waals surface area contributed by atoms with E-state index in [1.807, 2.05) is 6.92 Å². The van der Waals surface area contributed by atoms with Gasteiger partial charge < -0.3 is 18.9 Å². The number of ether oxygens (including phenoxy) is 2. The molecule has 2 atom stereocenters. The monoisotopic (exact) mass is 320 g/mol. The molecule has 0 aliphatic carbocycles. The first-order valence-corrected chi connectivity index (χ1v) is 8.11. The summed E-state index contributed by atoms with van der Waals surface area (Å²) in [5.74, 6) is -0.213. The topological polar surface area (TPSA) is 60.8 Å². The molecule has 0 unspecified atom stereocenters. The SMILES string of the molecule is CO[C@H]1CCN(C(=O)c2ccc(C)n(C)c2=O)C[C@@]12CCCO2. The van der Waals surface area contributed by atoms with E-state index >= 15 is 0 Å². The molecule has 2 saturated heterocycles. The molecular formula is C17H24N2O4. The van der Waals surface area contributed by atoms with Gasteiger partial charge in [-0.1, -0.05) is 0 Å². The first-order chi connectivity index (χ1) is 11.0. The lowest BCUT2D eigenvalue weighted by molar-refractivity contribution is -0.137. The summed E-state index contributed by atoms with van der Waals surface area (Å²) in [6.45, 7) is 3.62. The molecule has 2 aliphatic heterocycles. The van der Waals surface area contributed by atoms with Crippen LogP contribution in [-0.2, 0) is 16.5 Å². The van der Waals surface area contributed by atoms with Crippen LogP contribution in [0.2, 0.25) is 0 Å². The molecule has 6 nitrogen and oxygen atoms in total. The number of aromatic nitrogens is 1. The summed E-state index contributed by atoms with van der Waals surface area (Å²) in [7, 11) is 3.38. The quantitative estimate of drug-likeness (QED) is 0.819. The minimum atomic E-state index is -0.418. The Morgan fingerprint density at radius 1 is 1.43 bits per heavy atom. The smallest absolute Gasteiger partial charge is 0.263 e. The van der Waals surface area contributed by atoms with E-state index in [-0.39, 0.29) is 23.1 Å². The Hall–Kier alpha value is -1.66. The fourth-order valence-corrected chi connectivity index (χ4v) is 3.70. The third kappa shape index (κ3) is 2.70. The number of carbonyl (C=O) groups excluding carboxylic acids is 1. The number of pyridine rings is 1.